The van der Waals surface area contributed by atoms with E-state index >= 15 is 0 Å². The molecular weight excluding hydrogens is 344 g/mol. The third-order valence-corrected chi connectivity index (χ3v) is 4.58. The van der Waals surface area contributed by atoms with Gasteiger partial charge in [-0.05, 0) is 35.4 Å². The lowest BCUT2D eigenvalue weighted by atomic mass is 10.0. The number of aromatic nitrogens is 1. The number of aromatic amines is 1. The van der Waals surface area contributed by atoms with Crippen LogP contribution in [0.15, 0.2) is 54.7 Å². The summed E-state index contributed by atoms with van der Waals surface area (Å²) in [7, 11) is 0. The number of hydroxylamine groups is 1. The van der Waals surface area contributed by atoms with E-state index in [0.29, 0.717) is 12.1 Å². The second-order valence-electron chi connectivity index (χ2n) is 6.36. The van der Waals surface area contributed by atoms with Gasteiger partial charge in [-0.1, -0.05) is 24.3 Å². The minimum absolute atomic E-state index is 0.109. The maximum absolute atomic E-state index is 12.5. The molecule has 0 bridgehead atoms. The van der Waals surface area contributed by atoms with Crippen LogP contribution in [-0.2, 0) is 16.0 Å². The summed E-state index contributed by atoms with van der Waals surface area (Å²) >= 11 is 0. The molecule has 1 atom stereocenters. The molecule has 2 amide bonds. The number of hydrogen-bond donors (Lipinski definition) is 5. The summed E-state index contributed by atoms with van der Waals surface area (Å²) in [5.41, 5.74) is 5.87. The molecule has 0 aliphatic carbocycles. The maximum atomic E-state index is 12.5. The molecule has 0 fully saturated rings. The molecule has 0 spiro atoms. The first kappa shape index (κ1) is 16.9. The normalized spacial score (nSPS) is 16.0. The van der Waals surface area contributed by atoms with Crippen LogP contribution in [0, 0.1) is 0 Å². The molecule has 4 rings (SSSR count). The number of carbonyl (C=O) groups is 2. The summed E-state index contributed by atoms with van der Waals surface area (Å²) in [4.78, 5) is 26.9. The Morgan fingerprint density at radius 2 is 2.04 bits per heavy atom. The van der Waals surface area contributed by atoms with Crippen molar-refractivity contribution in [1.29, 1.82) is 0 Å². The van der Waals surface area contributed by atoms with E-state index in [1.54, 1.807) is 12.1 Å². The number of amides is 2. The molecule has 1 aromatic heterocycles. The minimum atomic E-state index is -0.617. The highest BCUT2D eigenvalue weighted by molar-refractivity contribution is 6.04. The second kappa shape index (κ2) is 6.97. The number of anilines is 2. The van der Waals surface area contributed by atoms with Crippen LogP contribution in [0.25, 0.3) is 17.0 Å². The topological polar surface area (TPSA) is 106 Å². The molecule has 0 radical (unpaired) electrons. The fraction of sp³-hybridized carbons (Fsp3) is 0.100. The standard InChI is InChI=1S/C20H18N4O3/c25-19(24-27)8-6-12-5-7-16-17(9-12)23-20(26)18(22-16)10-13-11-21-15-4-2-1-3-14(13)15/h1-9,11,18,21-22,27H,10H2,(H,23,26)(H,24,25)/t18-/m0/s1. The highest BCUT2D eigenvalue weighted by Crippen LogP contribution is 2.30. The van der Waals surface area contributed by atoms with Gasteiger partial charge in [0.2, 0.25) is 5.91 Å². The van der Waals surface area contributed by atoms with Gasteiger partial charge >= 0.3 is 0 Å². The van der Waals surface area contributed by atoms with Crippen molar-refractivity contribution in [3.05, 3.63) is 65.9 Å². The van der Waals surface area contributed by atoms with Crippen molar-refractivity contribution < 1.29 is 14.8 Å². The first-order valence-electron chi connectivity index (χ1n) is 8.52. The third kappa shape index (κ3) is 3.40. The number of benzene rings is 2. The molecule has 2 aromatic carbocycles. The summed E-state index contributed by atoms with van der Waals surface area (Å²) in [6.45, 7) is 0. The molecule has 7 nitrogen and oxygen atoms in total. The average molecular weight is 362 g/mol. The van der Waals surface area contributed by atoms with Gasteiger partial charge in [-0.3, -0.25) is 14.8 Å². The Morgan fingerprint density at radius 1 is 1.19 bits per heavy atom. The van der Waals surface area contributed by atoms with Crippen LogP contribution < -0.4 is 16.1 Å². The molecule has 3 aromatic rings. The fourth-order valence-electron chi connectivity index (χ4n) is 3.24. The van der Waals surface area contributed by atoms with Crippen molar-refractivity contribution >= 4 is 40.2 Å². The number of carbonyl (C=O) groups excluding carboxylic acids is 2. The first-order valence-corrected chi connectivity index (χ1v) is 8.52. The number of fused-ring (bicyclic) bond motifs is 2. The van der Waals surface area contributed by atoms with E-state index in [0.717, 1.165) is 27.7 Å². The Bertz CT molecular complexity index is 1050. The van der Waals surface area contributed by atoms with E-state index in [-0.39, 0.29) is 11.9 Å². The van der Waals surface area contributed by atoms with Crippen molar-refractivity contribution in [2.75, 3.05) is 10.6 Å². The van der Waals surface area contributed by atoms with Gasteiger partial charge in [0.25, 0.3) is 5.91 Å². The SMILES string of the molecule is O=C(C=Cc1ccc2c(c1)NC(=O)[C@H](Cc1c[nH]c3ccccc13)N2)NO. The van der Waals surface area contributed by atoms with Crippen LogP contribution in [0.3, 0.4) is 0 Å². The molecule has 0 saturated heterocycles. The summed E-state index contributed by atoms with van der Waals surface area (Å²) in [5.74, 6) is -0.726. The Labute approximate surface area is 155 Å². The van der Waals surface area contributed by atoms with E-state index in [2.05, 4.69) is 15.6 Å². The Hall–Kier alpha value is -3.58. The second-order valence-corrected chi connectivity index (χ2v) is 6.36. The van der Waals surface area contributed by atoms with Gasteiger partial charge in [0.05, 0.1) is 11.4 Å². The van der Waals surface area contributed by atoms with Crippen molar-refractivity contribution in [2.45, 2.75) is 12.5 Å². The Balaban J connectivity index is 1.54. The fourth-order valence-corrected chi connectivity index (χ4v) is 3.24. The predicted octanol–water partition coefficient (Wildman–Crippen LogP) is 2.66. The zero-order valence-corrected chi connectivity index (χ0v) is 14.3. The smallest absolute Gasteiger partial charge is 0.267 e. The lowest BCUT2D eigenvalue weighted by Crippen LogP contribution is -2.40. The van der Waals surface area contributed by atoms with Crippen molar-refractivity contribution in [3.8, 4) is 0 Å². The third-order valence-electron chi connectivity index (χ3n) is 4.58. The zero-order valence-electron chi connectivity index (χ0n) is 14.3. The maximum Gasteiger partial charge on any atom is 0.267 e. The lowest BCUT2D eigenvalue weighted by Gasteiger charge is -2.27. The van der Waals surface area contributed by atoms with E-state index in [9.17, 15) is 9.59 Å². The van der Waals surface area contributed by atoms with Gasteiger partial charge in [-0.15, -0.1) is 0 Å². The van der Waals surface area contributed by atoms with Gasteiger partial charge in [0.1, 0.15) is 6.04 Å². The molecule has 5 N–H and O–H groups in total. The molecule has 0 unspecified atom stereocenters. The zero-order chi connectivity index (χ0) is 18.8. The number of rotatable bonds is 4. The molecule has 7 heteroatoms. The van der Waals surface area contributed by atoms with Crippen molar-refractivity contribution in [3.63, 3.8) is 0 Å². The first-order chi connectivity index (χ1) is 13.1. The van der Waals surface area contributed by atoms with Crippen LogP contribution in [0.1, 0.15) is 11.1 Å². The summed E-state index contributed by atoms with van der Waals surface area (Å²) in [6, 6.07) is 13.1. The minimum Gasteiger partial charge on any atom is -0.372 e. The van der Waals surface area contributed by atoms with Gasteiger partial charge in [-0.25, -0.2) is 5.48 Å². The number of para-hydroxylation sites is 1. The van der Waals surface area contributed by atoms with E-state index in [1.165, 1.54) is 11.6 Å². The average Bonchev–Trinajstić information content (AvgIpc) is 3.09. The summed E-state index contributed by atoms with van der Waals surface area (Å²) < 4.78 is 0. The number of nitrogens with one attached hydrogen (secondary N) is 4. The summed E-state index contributed by atoms with van der Waals surface area (Å²) in [5, 5.41) is 15.8. The van der Waals surface area contributed by atoms with Crippen LogP contribution in [-0.4, -0.2) is 28.0 Å². The van der Waals surface area contributed by atoms with E-state index < -0.39 is 5.91 Å². The molecule has 0 saturated carbocycles. The van der Waals surface area contributed by atoms with Gasteiger partial charge in [-0.2, -0.15) is 0 Å². The number of H-pyrrole nitrogens is 1. The van der Waals surface area contributed by atoms with E-state index in [1.807, 2.05) is 42.6 Å². The molecule has 1 aliphatic rings. The highest BCUT2D eigenvalue weighted by Gasteiger charge is 2.26. The summed E-state index contributed by atoms with van der Waals surface area (Å²) in [6.07, 6.45) is 5.26. The van der Waals surface area contributed by atoms with Crippen LogP contribution in [0.4, 0.5) is 11.4 Å². The molecule has 2 heterocycles. The van der Waals surface area contributed by atoms with Crippen molar-refractivity contribution in [1.82, 2.24) is 10.5 Å². The van der Waals surface area contributed by atoms with Crippen LogP contribution >= 0.6 is 0 Å². The van der Waals surface area contributed by atoms with Crippen LogP contribution in [0.5, 0.6) is 0 Å². The predicted molar refractivity (Wildman–Crippen MR) is 103 cm³/mol. The van der Waals surface area contributed by atoms with Crippen LogP contribution in [0.2, 0.25) is 0 Å². The van der Waals surface area contributed by atoms with E-state index in [4.69, 9.17) is 5.21 Å². The highest BCUT2D eigenvalue weighted by atomic mass is 16.5. The largest absolute Gasteiger partial charge is 0.372 e. The van der Waals surface area contributed by atoms with Gasteiger partial charge in [0, 0.05) is 29.6 Å². The Morgan fingerprint density at radius 3 is 2.89 bits per heavy atom. The molecule has 27 heavy (non-hydrogen) atoms. The van der Waals surface area contributed by atoms with Gasteiger partial charge < -0.3 is 15.6 Å². The lowest BCUT2D eigenvalue weighted by molar-refractivity contribution is -0.124. The number of hydrogen-bond acceptors (Lipinski definition) is 4. The molecule has 1 aliphatic heterocycles. The monoisotopic (exact) mass is 362 g/mol. The quantitative estimate of drug-likeness (QED) is 0.279. The van der Waals surface area contributed by atoms with Crippen molar-refractivity contribution in [2.24, 2.45) is 0 Å². The molecule has 136 valence electrons. The van der Waals surface area contributed by atoms with Gasteiger partial charge in [0.15, 0.2) is 0 Å². The Kier molecular flexibility index (Phi) is 4.35. The molecular formula is C20H18N4O3.